The molecule has 6 nitrogen and oxygen atoms in total. The van der Waals surface area contributed by atoms with Crippen LogP contribution in [0.2, 0.25) is 0 Å². The van der Waals surface area contributed by atoms with Crippen LogP contribution in [-0.4, -0.2) is 42.0 Å². The highest BCUT2D eigenvalue weighted by molar-refractivity contribution is 6.08. The molecule has 158 valence electrons. The third-order valence-electron chi connectivity index (χ3n) is 5.16. The summed E-state index contributed by atoms with van der Waals surface area (Å²) in [6, 6.07) is 14.7. The average Bonchev–Trinajstić information content (AvgIpc) is 3.01. The largest absolute Gasteiger partial charge is 0.503 e. The highest BCUT2D eigenvalue weighted by Crippen LogP contribution is 2.39. The molecule has 1 aliphatic heterocycles. The number of nitrogens with zero attached hydrogens (tertiary/aromatic N) is 1. The number of ketones is 1. The van der Waals surface area contributed by atoms with Gasteiger partial charge in [-0.1, -0.05) is 48.9 Å². The van der Waals surface area contributed by atoms with Crippen molar-refractivity contribution in [2.24, 2.45) is 0 Å². The van der Waals surface area contributed by atoms with Crippen molar-refractivity contribution in [1.82, 2.24) is 4.90 Å². The number of aryl methyl sites for hydroxylation is 1. The second kappa shape index (κ2) is 9.59. The summed E-state index contributed by atoms with van der Waals surface area (Å²) in [6.45, 7) is 4.71. The van der Waals surface area contributed by atoms with Crippen molar-refractivity contribution in [3.05, 3.63) is 76.6 Å². The molecule has 1 unspecified atom stereocenters. The molecule has 2 aromatic rings. The van der Waals surface area contributed by atoms with Gasteiger partial charge >= 0.3 is 0 Å². The van der Waals surface area contributed by atoms with E-state index < -0.39 is 17.7 Å². The van der Waals surface area contributed by atoms with Crippen molar-refractivity contribution in [3.8, 4) is 5.75 Å². The number of benzene rings is 2. The van der Waals surface area contributed by atoms with Gasteiger partial charge in [-0.15, -0.1) is 0 Å². The van der Waals surface area contributed by atoms with Crippen LogP contribution in [0.4, 0.5) is 0 Å². The number of Topliss-reactive ketones (excluding diaryl/α,β-unsaturated/α-hetero) is 1. The van der Waals surface area contributed by atoms with Crippen LogP contribution in [0, 0.1) is 6.92 Å². The van der Waals surface area contributed by atoms with Crippen LogP contribution in [0.25, 0.3) is 0 Å². The summed E-state index contributed by atoms with van der Waals surface area (Å²) < 4.78 is 11.0. The Balaban J connectivity index is 1.88. The van der Waals surface area contributed by atoms with E-state index in [-0.39, 0.29) is 24.3 Å². The molecule has 1 atom stereocenters. The molecule has 0 bridgehead atoms. The quantitative estimate of drug-likeness (QED) is 0.680. The molecule has 30 heavy (non-hydrogen) atoms. The monoisotopic (exact) mass is 409 g/mol. The maximum absolute atomic E-state index is 12.6. The van der Waals surface area contributed by atoms with E-state index in [1.54, 1.807) is 14.0 Å². The molecule has 0 aromatic heterocycles. The lowest BCUT2D eigenvalue weighted by atomic mass is 9.95. The lowest BCUT2D eigenvalue weighted by molar-refractivity contribution is -0.130. The Morgan fingerprint density at radius 1 is 1.17 bits per heavy atom. The topological polar surface area (TPSA) is 76.1 Å². The first-order valence-electron chi connectivity index (χ1n) is 10.0. The summed E-state index contributed by atoms with van der Waals surface area (Å²) in [6.07, 6.45) is 0.199. The maximum atomic E-state index is 12.6. The molecule has 2 aromatic carbocycles. The van der Waals surface area contributed by atoms with Crippen molar-refractivity contribution in [1.29, 1.82) is 0 Å². The first-order chi connectivity index (χ1) is 14.5. The van der Waals surface area contributed by atoms with Gasteiger partial charge in [0.25, 0.3) is 5.91 Å². The van der Waals surface area contributed by atoms with Crippen molar-refractivity contribution in [2.75, 3.05) is 20.3 Å². The number of aliphatic hydroxyl groups excluding tert-OH is 1. The summed E-state index contributed by atoms with van der Waals surface area (Å²) in [4.78, 5) is 26.6. The fourth-order valence-electron chi connectivity index (χ4n) is 3.52. The van der Waals surface area contributed by atoms with E-state index in [4.69, 9.17) is 9.47 Å². The van der Waals surface area contributed by atoms with Crippen LogP contribution in [-0.2, 0) is 20.9 Å². The first-order valence-corrected chi connectivity index (χ1v) is 10.0. The second-order valence-electron chi connectivity index (χ2n) is 7.28. The normalized spacial score (nSPS) is 16.3. The lowest BCUT2D eigenvalue weighted by Crippen LogP contribution is -2.33. The zero-order valence-corrected chi connectivity index (χ0v) is 17.6. The smallest absolute Gasteiger partial charge is 0.290 e. The molecule has 0 saturated carbocycles. The number of hydrogen-bond acceptors (Lipinski definition) is 5. The molecule has 1 heterocycles. The van der Waals surface area contributed by atoms with E-state index in [2.05, 4.69) is 0 Å². The van der Waals surface area contributed by atoms with Gasteiger partial charge in [0.1, 0.15) is 12.4 Å². The molecule has 0 radical (unpaired) electrons. The summed E-state index contributed by atoms with van der Waals surface area (Å²) in [5.41, 5.74) is 3.07. The molecule has 0 saturated heterocycles. The minimum absolute atomic E-state index is 0.134. The Bertz CT molecular complexity index is 948. The third kappa shape index (κ3) is 4.54. The highest BCUT2D eigenvalue weighted by Gasteiger charge is 2.42. The number of methoxy groups -OCH3 is 1. The number of amides is 1. The zero-order valence-electron chi connectivity index (χ0n) is 17.6. The first kappa shape index (κ1) is 21.6. The number of carbonyl (C=O) groups is 2. The van der Waals surface area contributed by atoms with Crippen molar-refractivity contribution >= 4 is 11.7 Å². The molecular weight excluding hydrogens is 382 g/mol. The van der Waals surface area contributed by atoms with Gasteiger partial charge in [-0.2, -0.15) is 0 Å². The van der Waals surface area contributed by atoms with E-state index in [1.807, 2.05) is 55.5 Å². The van der Waals surface area contributed by atoms with E-state index in [9.17, 15) is 14.7 Å². The van der Waals surface area contributed by atoms with Gasteiger partial charge in [0.2, 0.25) is 0 Å². The van der Waals surface area contributed by atoms with Crippen LogP contribution in [0.5, 0.6) is 5.75 Å². The van der Waals surface area contributed by atoms with Crippen molar-refractivity contribution in [3.63, 3.8) is 0 Å². The molecule has 0 fully saturated rings. The van der Waals surface area contributed by atoms with Gasteiger partial charge in [0.15, 0.2) is 11.5 Å². The van der Waals surface area contributed by atoms with E-state index in [1.165, 1.54) is 10.5 Å². The SMILES string of the molecule is CCC(=O)C1=C(O)C(=O)N(CCOC)C1c1cccc(OCc2ccc(C)cc2)c1. The minimum atomic E-state index is -0.664. The summed E-state index contributed by atoms with van der Waals surface area (Å²) in [7, 11) is 1.54. The number of ether oxygens (including phenoxy) is 2. The standard InChI is InChI=1S/C24H27NO5/c1-4-20(26)21-22(25(12-13-29-3)24(28)23(21)27)18-6-5-7-19(14-18)30-15-17-10-8-16(2)9-11-17/h5-11,14,22,27H,4,12-13,15H2,1-3H3. The predicted octanol–water partition coefficient (Wildman–Crippen LogP) is 3.89. The predicted molar refractivity (Wildman–Crippen MR) is 113 cm³/mol. The van der Waals surface area contributed by atoms with Crippen LogP contribution in [0.1, 0.15) is 36.1 Å². The molecule has 1 N–H and O–H groups in total. The number of hydrogen-bond donors (Lipinski definition) is 1. The highest BCUT2D eigenvalue weighted by atomic mass is 16.5. The Hall–Kier alpha value is -3.12. The number of carbonyl (C=O) groups excluding carboxylic acids is 2. The molecule has 1 amide bonds. The lowest BCUT2D eigenvalue weighted by Gasteiger charge is -2.26. The molecule has 3 rings (SSSR count). The van der Waals surface area contributed by atoms with Gasteiger partial charge in [-0.3, -0.25) is 9.59 Å². The average molecular weight is 409 g/mol. The maximum Gasteiger partial charge on any atom is 0.290 e. The Kier molecular flexibility index (Phi) is 6.90. The number of rotatable bonds is 9. The van der Waals surface area contributed by atoms with Gasteiger partial charge in [0, 0.05) is 20.1 Å². The minimum Gasteiger partial charge on any atom is -0.503 e. The second-order valence-corrected chi connectivity index (χ2v) is 7.28. The van der Waals surface area contributed by atoms with Crippen LogP contribution >= 0.6 is 0 Å². The summed E-state index contributed by atoms with van der Waals surface area (Å²) >= 11 is 0. The third-order valence-corrected chi connectivity index (χ3v) is 5.16. The molecule has 1 aliphatic rings. The van der Waals surface area contributed by atoms with Gasteiger partial charge in [0.05, 0.1) is 18.2 Å². The molecule has 6 heteroatoms. The Morgan fingerprint density at radius 3 is 2.57 bits per heavy atom. The van der Waals surface area contributed by atoms with Gasteiger partial charge < -0.3 is 19.5 Å². The molecule has 0 spiro atoms. The van der Waals surface area contributed by atoms with Crippen LogP contribution in [0.15, 0.2) is 59.9 Å². The van der Waals surface area contributed by atoms with Gasteiger partial charge in [-0.25, -0.2) is 0 Å². The van der Waals surface area contributed by atoms with Gasteiger partial charge in [-0.05, 0) is 30.2 Å². The Morgan fingerprint density at radius 2 is 1.90 bits per heavy atom. The fourth-order valence-corrected chi connectivity index (χ4v) is 3.52. The van der Waals surface area contributed by atoms with E-state index in [0.717, 1.165) is 5.56 Å². The van der Waals surface area contributed by atoms with Crippen molar-refractivity contribution in [2.45, 2.75) is 32.9 Å². The van der Waals surface area contributed by atoms with E-state index >= 15 is 0 Å². The number of aliphatic hydroxyl groups is 1. The van der Waals surface area contributed by atoms with Crippen LogP contribution in [0.3, 0.4) is 0 Å². The molecular formula is C24H27NO5. The fraction of sp³-hybridized carbons (Fsp3) is 0.333. The zero-order chi connectivity index (χ0) is 21.7. The Labute approximate surface area is 176 Å². The summed E-state index contributed by atoms with van der Waals surface area (Å²) in [5, 5.41) is 10.4. The summed E-state index contributed by atoms with van der Waals surface area (Å²) in [5.74, 6) is -0.660. The van der Waals surface area contributed by atoms with Crippen LogP contribution < -0.4 is 4.74 Å². The molecule has 0 aliphatic carbocycles. The van der Waals surface area contributed by atoms with Crippen molar-refractivity contribution < 1.29 is 24.2 Å². The van der Waals surface area contributed by atoms with E-state index in [0.29, 0.717) is 24.5 Å².